The molecule has 256 valence electrons. The van der Waals surface area contributed by atoms with Gasteiger partial charge < -0.3 is 9.47 Å². The Balaban J connectivity index is 4.62. The van der Waals surface area contributed by atoms with Crippen LogP contribution in [0.15, 0.2) is 0 Å². The largest absolute Gasteiger partial charge is 0.465 e. The van der Waals surface area contributed by atoms with Crippen LogP contribution < -0.4 is 0 Å². The van der Waals surface area contributed by atoms with E-state index in [0.717, 1.165) is 70.1 Å². The minimum atomic E-state index is -0.411. The van der Waals surface area contributed by atoms with Crippen molar-refractivity contribution >= 4 is 11.9 Å². The smallest absolute Gasteiger partial charge is 0.309 e. The molecule has 3 atom stereocenters. The highest BCUT2D eigenvalue weighted by molar-refractivity contribution is 5.73. The molecule has 0 radical (unpaired) electrons. The van der Waals surface area contributed by atoms with Gasteiger partial charge in [-0.15, -0.1) is 0 Å². The van der Waals surface area contributed by atoms with E-state index in [0.29, 0.717) is 6.61 Å². The molecule has 0 heterocycles. The molecule has 3 unspecified atom stereocenters. The van der Waals surface area contributed by atoms with Gasteiger partial charge in [0, 0.05) is 5.41 Å². The van der Waals surface area contributed by atoms with Gasteiger partial charge in [-0.3, -0.25) is 9.59 Å². The van der Waals surface area contributed by atoms with Crippen molar-refractivity contribution in [3.63, 3.8) is 0 Å². The van der Waals surface area contributed by atoms with E-state index in [1.807, 2.05) is 0 Å². The summed E-state index contributed by atoms with van der Waals surface area (Å²) in [6.45, 7) is 17.6. The molecule has 0 fully saturated rings. The van der Waals surface area contributed by atoms with Crippen molar-refractivity contribution in [3.8, 4) is 0 Å². The number of esters is 2. The first-order valence-corrected chi connectivity index (χ1v) is 19.0. The molecule has 0 spiro atoms. The van der Waals surface area contributed by atoms with Crippen molar-refractivity contribution in [1.29, 1.82) is 0 Å². The quantitative estimate of drug-likeness (QED) is 0.0601. The maximum Gasteiger partial charge on any atom is 0.309 e. The highest BCUT2D eigenvalue weighted by atomic mass is 16.6. The molecule has 0 N–H and O–H groups in total. The predicted molar refractivity (Wildman–Crippen MR) is 185 cm³/mol. The summed E-state index contributed by atoms with van der Waals surface area (Å²) in [5, 5.41) is 0. The average Bonchev–Trinajstić information content (AvgIpc) is 2.98. The van der Waals surface area contributed by atoms with Crippen LogP contribution in [0.5, 0.6) is 0 Å². The molecule has 0 amide bonds. The van der Waals surface area contributed by atoms with Crippen LogP contribution in [0, 0.1) is 23.2 Å². The van der Waals surface area contributed by atoms with E-state index in [2.05, 4.69) is 55.4 Å². The van der Waals surface area contributed by atoms with Crippen LogP contribution >= 0.6 is 0 Å². The fourth-order valence-corrected chi connectivity index (χ4v) is 6.02. The molecule has 0 aliphatic heterocycles. The average molecular weight is 609 g/mol. The summed E-state index contributed by atoms with van der Waals surface area (Å²) < 4.78 is 12.1. The highest BCUT2D eigenvalue weighted by Gasteiger charge is 2.36. The lowest BCUT2D eigenvalue weighted by Gasteiger charge is -2.35. The normalized spacial score (nSPS) is 14.1. The molecule has 43 heavy (non-hydrogen) atoms. The molecule has 0 aromatic carbocycles. The molecule has 0 aromatic rings. The second-order valence-corrected chi connectivity index (χ2v) is 14.6. The van der Waals surface area contributed by atoms with Gasteiger partial charge in [0.05, 0.1) is 18.4 Å². The number of unbranched alkanes of at least 4 members (excludes halogenated alkanes) is 14. The standard InChI is InChI=1S/C39H76O4/c1-9-13-29-34(11-3)37(40)42-32-39(7,8)36(43-38(41)35(12-4)30-14-10-2)31-27-25-23-21-19-17-15-16-18-20-22-24-26-28-33(5)6/h33-36H,9-32H2,1-8H3. The Morgan fingerprint density at radius 3 is 1.33 bits per heavy atom. The minimum Gasteiger partial charge on any atom is -0.465 e. The summed E-state index contributed by atoms with van der Waals surface area (Å²) in [6.07, 6.45) is 26.9. The van der Waals surface area contributed by atoms with Crippen molar-refractivity contribution in [2.24, 2.45) is 23.2 Å². The lowest BCUT2D eigenvalue weighted by Crippen LogP contribution is -2.40. The van der Waals surface area contributed by atoms with Crippen molar-refractivity contribution in [3.05, 3.63) is 0 Å². The van der Waals surface area contributed by atoms with Gasteiger partial charge in [-0.05, 0) is 44.4 Å². The Kier molecular flexibility index (Phi) is 26.6. The lowest BCUT2D eigenvalue weighted by molar-refractivity contribution is -0.168. The maximum absolute atomic E-state index is 13.2. The van der Waals surface area contributed by atoms with E-state index in [9.17, 15) is 9.59 Å². The molecular formula is C39H76O4. The van der Waals surface area contributed by atoms with E-state index in [-0.39, 0.29) is 29.9 Å². The molecule has 4 heteroatoms. The summed E-state index contributed by atoms with van der Waals surface area (Å²) in [7, 11) is 0. The number of hydrogen-bond acceptors (Lipinski definition) is 4. The molecule has 0 rings (SSSR count). The van der Waals surface area contributed by atoms with Gasteiger partial charge >= 0.3 is 11.9 Å². The molecule has 0 aromatic heterocycles. The third kappa shape index (κ3) is 22.1. The lowest BCUT2D eigenvalue weighted by atomic mass is 9.84. The number of carbonyl (C=O) groups is 2. The SMILES string of the molecule is CCCCC(CC)C(=O)OCC(C)(C)C(CCCCCCCCCCCCCCCC(C)C)OC(=O)C(CC)CCCC. The molecular weight excluding hydrogens is 532 g/mol. The Bertz CT molecular complexity index is 656. The van der Waals surface area contributed by atoms with Crippen molar-refractivity contribution in [1.82, 2.24) is 0 Å². The Morgan fingerprint density at radius 2 is 0.930 bits per heavy atom. The highest BCUT2D eigenvalue weighted by Crippen LogP contribution is 2.31. The van der Waals surface area contributed by atoms with E-state index < -0.39 is 5.41 Å². The summed E-state index contributed by atoms with van der Waals surface area (Å²) >= 11 is 0. The van der Waals surface area contributed by atoms with Gasteiger partial charge in [0.1, 0.15) is 6.10 Å². The zero-order valence-corrected chi connectivity index (χ0v) is 30.4. The van der Waals surface area contributed by atoms with Gasteiger partial charge in [0.2, 0.25) is 0 Å². The number of carbonyl (C=O) groups excluding carboxylic acids is 2. The van der Waals surface area contributed by atoms with Crippen LogP contribution in [-0.2, 0) is 19.1 Å². The Hall–Kier alpha value is -1.06. The van der Waals surface area contributed by atoms with Crippen molar-refractivity contribution in [2.45, 2.75) is 209 Å². The first-order chi connectivity index (χ1) is 20.6. The maximum atomic E-state index is 13.2. The van der Waals surface area contributed by atoms with Gasteiger partial charge in [-0.25, -0.2) is 0 Å². The fraction of sp³-hybridized carbons (Fsp3) is 0.949. The van der Waals surface area contributed by atoms with Crippen LogP contribution in [-0.4, -0.2) is 24.6 Å². The Morgan fingerprint density at radius 1 is 0.535 bits per heavy atom. The van der Waals surface area contributed by atoms with Crippen molar-refractivity contribution < 1.29 is 19.1 Å². The first kappa shape index (κ1) is 41.9. The number of ether oxygens (including phenoxy) is 2. The zero-order chi connectivity index (χ0) is 32.3. The minimum absolute atomic E-state index is 0.0326. The van der Waals surface area contributed by atoms with E-state index in [1.54, 1.807) is 0 Å². The molecule has 0 aliphatic carbocycles. The van der Waals surface area contributed by atoms with Crippen LogP contribution in [0.3, 0.4) is 0 Å². The van der Waals surface area contributed by atoms with Gasteiger partial charge in [0.25, 0.3) is 0 Å². The van der Waals surface area contributed by atoms with Gasteiger partial charge in [0.15, 0.2) is 0 Å². The van der Waals surface area contributed by atoms with Gasteiger partial charge in [-0.2, -0.15) is 0 Å². The zero-order valence-electron chi connectivity index (χ0n) is 30.4. The molecule has 0 bridgehead atoms. The number of rotatable bonds is 30. The van der Waals surface area contributed by atoms with Crippen LogP contribution in [0.2, 0.25) is 0 Å². The summed E-state index contributed by atoms with van der Waals surface area (Å²) in [5.74, 6) is 0.624. The molecule has 0 saturated heterocycles. The third-order valence-electron chi connectivity index (χ3n) is 9.43. The second kappa shape index (κ2) is 27.3. The number of hydrogen-bond donors (Lipinski definition) is 0. The first-order valence-electron chi connectivity index (χ1n) is 19.0. The Labute approximate surface area is 269 Å². The van der Waals surface area contributed by atoms with E-state index >= 15 is 0 Å². The van der Waals surface area contributed by atoms with E-state index in [4.69, 9.17) is 9.47 Å². The van der Waals surface area contributed by atoms with E-state index in [1.165, 1.54) is 83.5 Å². The fourth-order valence-electron chi connectivity index (χ4n) is 6.02. The van der Waals surface area contributed by atoms with Crippen LogP contribution in [0.25, 0.3) is 0 Å². The third-order valence-corrected chi connectivity index (χ3v) is 9.43. The molecule has 0 aliphatic rings. The summed E-state index contributed by atoms with van der Waals surface area (Å²) in [6, 6.07) is 0. The topological polar surface area (TPSA) is 52.6 Å². The predicted octanol–water partition coefficient (Wildman–Crippen LogP) is 12.4. The van der Waals surface area contributed by atoms with Crippen LogP contribution in [0.1, 0.15) is 203 Å². The second-order valence-electron chi connectivity index (χ2n) is 14.6. The molecule has 0 saturated carbocycles. The van der Waals surface area contributed by atoms with Crippen molar-refractivity contribution in [2.75, 3.05) is 6.61 Å². The monoisotopic (exact) mass is 609 g/mol. The summed E-state index contributed by atoms with van der Waals surface area (Å²) in [5.41, 5.74) is -0.411. The summed E-state index contributed by atoms with van der Waals surface area (Å²) in [4.78, 5) is 26.0. The molecule has 4 nitrogen and oxygen atoms in total. The van der Waals surface area contributed by atoms with Gasteiger partial charge in [-0.1, -0.05) is 165 Å². The van der Waals surface area contributed by atoms with Crippen LogP contribution in [0.4, 0.5) is 0 Å².